The van der Waals surface area contributed by atoms with Gasteiger partial charge >= 0.3 is 5.97 Å². The molecule has 23 heavy (non-hydrogen) atoms. The van der Waals surface area contributed by atoms with E-state index in [9.17, 15) is 4.79 Å². The van der Waals surface area contributed by atoms with Gasteiger partial charge in [-0.3, -0.25) is 0 Å². The molecule has 0 atom stereocenters. The van der Waals surface area contributed by atoms with Crippen molar-refractivity contribution in [2.75, 3.05) is 5.32 Å². The number of aryl methyl sites for hydroxylation is 1. The minimum atomic E-state index is -0.499. The number of nitrogens with zero attached hydrogens (tertiary/aromatic N) is 3. The van der Waals surface area contributed by atoms with E-state index in [1.54, 1.807) is 42.6 Å². The molecule has 0 aliphatic heterocycles. The van der Waals surface area contributed by atoms with Gasteiger partial charge in [-0.1, -0.05) is 12.1 Å². The third-order valence-corrected chi connectivity index (χ3v) is 2.99. The topological polar surface area (TPSA) is 77.0 Å². The van der Waals surface area contributed by atoms with E-state index in [2.05, 4.69) is 20.3 Å². The summed E-state index contributed by atoms with van der Waals surface area (Å²) in [7, 11) is 0. The van der Waals surface area contributed by atoms with E-state index in [0.717, 1.165) is 11.4 Å². The molecule has 1 aromatic carbocycles. The van der Waals surface area contributed by atoms with Crippen molar-refractivity contribution in [1.82, 2.24) is 15.0 Å². The van der Waals surface area contributed by atoms with E-state index in [4.69, 9.17) is 4.74 Å². The van der Waals surface area contributed by atoms with Crippen LogP contribution in [0.3, 0.4) is 0 Å². The lowest BCUT2D eigenvalue weighted by molar-refractivity contribution is 0.0729. The molecule has 0 aliphatic carbocycles. The van der Waals surface area contributed by atoms with Gasteiger partial charge in [0.15, 0.2) is 0 Å². The smallest absolute Gasteiger partial charge is 0.362 e. The highest BCUT2D eigenvalue weighted by atomic mass is 16.5. The number of anilines is 2. The van der Waals surface area contributed by atoms with Crippen molar-refractivity contribution in [3.63, 3.8) is 0 Å². The monoisotopic (exact) mass is 306 g/mol. The van der Waals surface area contributed by atoms with Gasteiger partial charge in [-0.15, -0.1) is 0 Å². The van der Waals surface area contributed by atoms with E-state index in [-0.39, 0.29) is 5.69 Å². The molecular weight excluding hydrogens is 292 g/mol. The first-order chi connectivity index (χ1) is 11.2. The predicted molar refractivity (Wildman–Crippen MR) is 85.7 cm³/mol. The first-order valence-corrected chi connectivity index (χ1v) is 7.00. The van der Waals surface area contributed by atoms with Crippen molar-refractivity contribution in [3.8, 4) is 5.75 Å². The third kappa shape index (κ3) is 3.88. The number of carbonyl (C=O) groups is 1. The van der Waals surface area contributed by atoms with Crippen LogP contribution in [0.4, 0.5) is 11.5 Å². The van der Waals surface area contributed by atoms with Crippen LogP contribution in [0.1, 0.15) is 16.2 Å². The number of ether oxygens (including phenoxy) is 1. The van der Waals surface area contributed by atoms with Crippen molar-refractivity contribution < 1.29 is 9.53 Å². The van der Waals surface area contributed by atoms with E-state index in [1.165, 1.54) is 6.33 Å². The van der Waals surface area contributed by atoms with Crippen LogP contribution >= 0.6 is 0 Å². The quantitative estimate of drug-likeness (QED) is 0.589. The van der Waals surface area contributed by atoms with Crippen molar-refractivity contribution in [1.29, 1.82) is 0 Å². The lowest BCUT2D eigenvalue weighted by Crippen LogP contribution is -2.10. The molecule has 0 fully saturated rings. The molecule has 3 rings (SSSR count). The Balaban J connectivity index is 1.74. The van der Waals surface area contributed by atoms with Gasteiger partial charge in [0.2, 0.25) is 0 Å². The number of nitrogens with one attached hydrogen (secondary N) is 1. The normalized spacial score (nSPS) is 10.1. The van der Waals surface area contributed by atoms with Gasteiger partial charge in [0.05, 0.1) is 0 Å². The van der Waals surface area contributed by atoms with Crippen LogP contribution in [0.2, 0.25) is 0 Å². The lowest BCUT2D eigenvalue weighted by Gasteiger charge is -2.08. The highest BCUT2D eigenvalue weighted by Crippen LogP contribution is 2.21. The minimum absolute atomic E-state index is 0.261. The molecule has 6 heteroatoms. The Morgan fingerprint density at radius 3 is 2.74 bits per heavy atom. The molecule has 2 aromatic heterocycles. The summed E-state index contributed by atoms with van der Waals surface area (Å²) in [6.07, 6.45) is 3.04. The fourth-order valence-corrected chi connectivity index (χ4v) is 1.95. The Kier molecular flexibility index (Phi) is 4.24. The number of esters is 1. The third-order valence-electron chi connectivity index (χ3n) is 2.99. The summed E-state index contributed by atoms with van der Waals surface area (Å²) in [5.74, 6) is 0.600. The molecule has 114 valence electrons. The van der Waals surface area contributed by atoms with Gasteiger partial charge in [0, 0.05) is 29.7 Å². The molecule has 0 spiro atoms. The zero-order chi connectivity index (χ0) is 16.1. The number of rotatable bonds is 4. The zero-order valence-corrected chi connectivity index (χ0v) is 12.4. The van der Waals surface area contributed by atoms with Gasteiger partial charge in [0.1, 0.15) is 23.6 Å². The molecule has 0 unspecified atom stereocenters. The highest BCUT2D eigenvalue weighted by molar-refractivity contribution is 5.89. The number of benzene rings is 1. The van der Waals surface area contributed by atoms with Crippen LogP contribution < -0.4 is 10.1 Å². The van der Waals surface area contributed by atoms with Gasteiger partial charge in [-0.2, -0.15) is 0 Å². The molecule has 0 aliphatic rings. The molecule has 6 nitrogen and oxygen atoms in total. The van der Waals surface area contributed by atoms with Crippen LogP contribution in [-0.2, 0) is 0 Å². The molecule has 0 saturated carbocycles. The van der Waals surface area contributed by atoms with E-state index in [0.29, 0.717) is 11.6 Å². The fraction of sp³-hybridized carbons (Fsp3) is 0.0588. The number of hydrogen-bond acceptors (Lipinski definition) is 6. The fourth-order valence-electron chi connectivity index (χ4n) is 1.95. The van der Waals surface area contributed by atoms with E-state index >= 15 is 0 Å². The Bertz CT molecular complexity index is 822. The first kappa shape index (κ1) is 14.6. The first-order valence-electron chi connectivity index (χ1n) is 7.00. The minimum Gasteiger partial charge on any atom is -0.422 e. The van der Waals surface area contributed by atoms with Crippen molar-refractivity contribution in [2.24, 2.45) is 0 Å². The summed E-state index contributed by atoms with van der Waals surface area (Å²) >= 11 is 0. The second kappa shape index (κ2) is 6.65. The second-order valence-corrected chi connectivity index (χ2v) is 4.80. The predicted octanol–water partition coefficient (Wildman–Crippen LogP) is 3.14. The molecule has 0 amide bonds. The van der Waals surface area contributed by atoms with Gasteiger partial charge in [-0.05, 0) is 31.2 Å². The van der Waals surface area contributed by atoms with Crippen LogP contribution in [0.5, 0.6) is 5.75 Å². The molecule has 2 heterocycles. The number of carbonyl (C=O) groups excluding carboxylic acids is 1. The second-order valence-electron chi connectivity index (χ2n) is 4.80. The van der Waals surface area contributed by atoms with Crippen LogP contribution in [0.15, 0.2) is 61.1 Å². The number of hydrogen-bond donors (Lipinski definition) is 1. The van der Waals surface area contributed by atoms with Crippen molar-refractivity contribution in [2.45, 2.75) is 6.92 Å². The molecule has 3 aromatic rings. The Morgan fingerprint density at radius 2 is 1.96 bits per heavy atom. The van der Waals surface area contributed by atoms with Crippen molar-refractivity contribution >= 4 is 17.5 Å². The molecular formula is C17H14N4O2. The summed E-state index contributed by atoms with van der Waals surface area (Å²) < 4.78 is 5.33. The molecule has 0 bridgehead atoms. The SMILES string of the molecule is Cc1cc(Nc2cccc(OC(=O)c3ccccn3)c2)ncn1. The van der Waals surface area contributed by atoms with Gasteiger partial charge in [0.25, 0.3) is 0 Å². The lowest BCUT2D eigenvalue weighted by atomic mass is 10.3. The average Bonchev–Trinajstić information content (AvgIpc) is 2.56. The van der Waals surface area contributed by atoms with Crippen molar-refractivity contribution in [3.05, 3.63) is 72.4 Å². The summed E-state index contributed by atoms with van der Waals surface area (Å²) in [5.41, 5.74) is 1.88. The molecule has 0 radical (unpaired) electrons. The van der Waals surface area contributed by atoms with E-state index in [1.807, 2.05) is 19.1 Å². The Morgan fingerprint density at radius 1 is 1.04 bits per heavy atom. The van der Waals surface area contributed by atoms with E-state index < -0.39 is 5.97 Å². The van der Waals surface area contributed by atoms with Crippen LogP contribution in [0, 0.1) is 6.92 Å². The number of pyridine rings is 1. The summed E-state index contributed by atoms with van der Waals surface area (Å²) in [6.45, 7) is 1.89. The maximum Gasteiger partial charge on any atom is 0.362 e. The molecule has 0 saturated heterocycles. The largest absolute Gasteiger partial charge is 0.422 e. The summed E-state index contributed by atoms with van der Waals surface area (Å²) in [5, 5.41) is 3.14. The Hall–Kier alpha value is -3.28. The van der Waals surface area contributed by atoms with Crippen LogP contribution in [0.25, 0.3) is 0 Å². The maximum atomic E-state index is 12.0. The van der Waals surface area contributed by atoms with Crippen LogP contribution in [-0.4, -0.2) is 20.9 Å². The standard InChI is InChI=1S/C17H14N4O2/c1-12-9-16(20-11-19-12)21-13-5-4-6-14(10-13)23-17(22)15-7-2-3-8-18-15/h2-11H,1H3,(H,19,20,21). The highest BCUT2D eigenvalue weighted by Gasteiger charge is 2.09. The van der Waals surface area contributed by atoms with Gasteiger partial charge < -0.3 is 10.1 Å². The summed E-state index contributed by atoms with van der Waals surface area (Å²) in [4.78, 5) is 24.1. The summed E-state index contributed by atoms with van der Waals surface area (Å²) in [6, 6.07) is 14.0. The average molecular weight is 306 g/mol. The maximum absolute atomic E-state index is 12.0. The molecule has 1 N–H and O–H groups in total. The Labute approximate surface area is 133 Å². The zero-order valence-electron chi connectivity index (χ0n) is 12.4. The number of aromatic nitrogens is 3. The van der Waals surface area contributed by atoms with Gasteiger partial charge in [-0.25, -0.2) is 19.7 Å².